The van der Waals surface area contributed by atoms with Crippen LogP contribution in [0.3, 0.4) is 0 Å². The smallest absolute Gasteiger partial charge is 0.387 e. The van der Waals surface area contributed by atoms with Gasteiger partial charge < -0.3 is 20.3 Å². The minimum absolute atomic E-state index is 0. The van der Waals surface area contributed by atoms with Gasteiger partial charge in [0.2, 0.25) is 5.91 Å². The van der Waals surface area contributed by atoms with Crippen LogP contribution in [0.4, 0.5) is 8.78 Å². The summed E-state index contributed by atoms with van der Waals surface area (Å²) in [6.45, 7) is 1.57. The molecule has 9 heteroatoms. The first kappa shape index (κ1) is 22.4. The van der Waals surface area contributed by atoms with E-state index in [1.54, 1.807) is 18.2 Å². The van der Waals surface area contributed by atoms with Crippen molar-refractivity contribution >= 4 is 35.8 Å². The summed E-state index contributed by atoms with van der Waals surface area (Å²) in [5.74, 6) is 0.594. The maximum atomic E-state index is 12.5. The fourth-order valence-corrected chi connectivity index (χ4v) is 2.59. The van der Waals surface area contributed by atoms with Gasteiger partial charge in [0, 0.05) is 25.2 Å². The zero-order valence-electron chi connectivity index (χ0n) is 14.7. The van der Waals surface area contributed by atoms with Gasteiger partial charge >= 0.3 is 6.61 Å². The second kappa shape index (κ2) is 11.9. The molecule has 1 amide bonds. The molecule has 2 N–H and O–H groups in total. The van der Waals surface area contributed by atoms with Crippen LogP contribution in [0.1, 0.15) is 25.3 Å². The highest BCUT2D eigenvalue weighted by Gasteiger charge is 2.17. The molecule has 0 atom stereocenters. The van der Waals surface area contributed by atoms with Gasteiger partial charge in [-0.05, 0) is 25.8 Å². The van der Waals surface area contributed by atoms with Crippen LogP contribution < -0.4 is 15.4 Å². The Morgan fingerprint density at radius 1 is 1.27 bits per heavy atom. The van der Waals surface area contributed by atoms with Gasteiger partial charge in [-0.1, -0.05) is 18.2 Å². The Kier molecular flexibility index (Phi) is 10.2. The quantitative estimate of drug-likeness (QED) is 0.357. The summed E-state index contributed by atoms with van der Waals surface area (Å²) in [5, 5.41) is 6.02. The van der Waals surface area contributed by atoms with Gasteiger partial charge in [0.15, 0.2) is 5.96 Å². The van der Waals surface area contributed by atoms with Crippen LogP contribution in [-0.2, 0) is 11.3 Å². The molecule has 0 unspecified atom stereocenters. The van der Waals surface area contributed by atoms with Crippen molar-refractivity contribution in [3.63, 3.8) is 0 Å². The second-order valence-corrected chi connectivity index (χ2v) is 5.62. The molecule has 1 fully saturated rings. The van der Waals surface area contributed by atoms with E-state index in [-0.39, 0.29) is 48.7 Å². The van der Waals surface area contributed by atoms with Gasteiger partial charge in [-0.3, -0.25) is 4.79 Å². The summed E-state index contributed by atoms with van der Waals surface area (Å²) in [5.41, 5.74) is 0.547. The van der Waals surface area contributed by atoms with Crippen LogP contribution in [-0.4, -0.2) is 49.6 Å². The van der Waals surface area contributed by atoms with Crippen molar-refractivity contribution in [2.24, 2.45) is 4.99 Å². The van der Waals surface area contributed by atoms with E-state index in [1.807, 2.05) is 11.8 Å². The van der Waals surface area contributed by atoms with E-state index < -0.39 is 6.61 Å². The summed E-state index contributed by atoms with van der Waals surface area (Å²) in [4.78, 5) is 18.3. The van der Waals surface area contributed by atoms with E-state index in [4.69, 9.17) is 0 Å². The number of hydrogen-bond acceptors (Lipinski definition) is 3. The summed E-state index contributed by atoms with van der Waals surface area (Å²) < 4.78 is 29.4. The number of para-hydroxylation sites is 1. The minimum atomic E-state index is -2.88. The Bertz CT molecular complexity index is 596. The third-order valence-electron chi connectivity index (χ3n) is 3.81. The van der Waals surface area contributed by atoms with Crippen LogP contribution in [0, 0.1) is 0 Å². The number of halogens is 3. The summed E-state index contributed by atoms with van der Waals surface area (Å²) in [6, 6.07) is 6.53. The van der Waals surface area contributed by atoms with Crippen LogP contribution in [0.25, 0.3) is 0 Å². The predicted molar refractivity (Wildman–Crippen MR) is 107 cm³/mol. The number of benzene rings is 1. The number of alkyl halides is 2. The lowest BCUT2D eigenvalue weighted by molar-refractivity contribution is -0.128. The maximum Gasteiger partial charge on any atom is 0.387 e. The third kappa shape index (κ3) is 7.30. The molecule has 1 aromatic rings. The third-order valence-corrected chi connectivity index (χ3v) is 3.81. The fraction of sp³-hybridized carbons (Fsp3) is 0.529. The number of hydrogen-bond donors (Lipinski definition) is 2. The van der Waals surface area contributed by atoms with Crippen LogP contribution in [0.15, 0.2) is 29.3 Å². The molecule has 6 nitrogen and oxygen atoms in total. The van der Waals surface area contributed by atoms with E-state index in [9.17, 15) is 13.6 Å². The number of amides is 1. The molecule has 1 heterocycles. The van der Waals surface area contributed by atoms with Gasteiger partial charge in [0.05, 0.1) is 13.1 Å². The van der Waals surface area contributed by atoms with E-state index in [1.165, 1.54) is 6.07 Å². The SMILES string of the molecule is CCNC(=NCc1ccccc1OC(F)F)NCC(=O)N1CCCC1.I. The largest absolute Gasteiger partial charge is 0.434 e. The fourth-order valence-electron chi connectivity index (χ4n) is 2.59. The zero-order valence-corrected chi connectivity index (χ0v) is 17.0. The average Bonchev–Trinajstić information content (AvgIpc) is 3.12. The van der Waals surface area contributed by atoms with Gasteiger partial charge in [-0.25, -0.2) is 4.99 Å². The molecule has 2 rings (SSSR count). The lowest BCUT2D eigenvalue weighted by Gasteiger charge is -2.17. The summed E-state index contributed by atoms with van der Waals surface area (Å²) in [7, 11) is 0. The number of nitrogens with zero attached hydrogens (tertiary/aromatic N) is 2. The molecular weight excluding hydrogens is 457 g/mol. The highest BCUT2D eigenvalue weighted by atomic mass is 127. The number of guanidine groups is 1. The first-order chi connectivity index (χ1) is 12.1. The van der Waals surface area contributed by atoms with E-state index in [0.717, 1.165) is 25.9 Å². The predicted octanol–water partition coefficient (Wildman–Crippen LogP) is 2.58. The average molecular weight is 482 g/mol. The van der Waals surface area contributed by atoms with E-state index in [2.05, 4.69) is 20.4 Å². The highest BCUT2D eigenvalue weighted by Crippen LogP contribution is 2.20. The molecule has 0 spiro atoms. The first-order valence-corrected chi connectivity index (χ1v) is 8.42. The molecule has 1 aromatic carbocycles. The topological polar surface area (TPSA) is 66.0 Å². The second-order valence-electron chi connectivity index (χ2n) is 5.62. The summed E-state index contributed by atoms with van der Waals surface area (Å²) >= 11 is 0. The number of carbonyl (C=O) groups excluding carboxylic acids is 1. The Morgan fingerprint density at radius 3 is 2.62 bits per heavy atom. The number of rotatable bonds is 7. The molecule has 0 bridgehead atoms. The number of aliphatic imine (C=N–C) groups is 1. The Hall–Kier alpha value is -1.65. The van der Waals surface area contributed by atoms with Crippen LogP contribution in [0.5, 0.6) is 5.75 Å². The van der Waals surface area contributed by atoms with Crippen molar-refractivity contribution in [1.82, 2.24) is 15.5 Å². The van der Waals surface area contributed by atoms with Crippen molar-refractivity contribution in [1.29, 1.82) is 0 Å². The first-order valence-electron chi connectivity index (χ1n) is 8.42. The Labute approximate surface area is 169 Å². The monoisotopic (exact) mass is 482 g/mol. The summed E-state index contributed by atoms with van der Waals surface area (Å²) in [6.07, 6.45) is 2.08. The van der Waals surface area contributed by atoms with E-state index in [0.29, 0.717) is 18.1 Å². The van der Waals surface area contributed by atoms with Crippen molar-refractivity contribution < 1.29 is 18.3 Å². The van der Waals surface area contributed by atoms with Gasteiger partial charge in [0.1, 0.15) is 5.75 Å². The number of ether oxygens (including phenoxy) is 1. The molecular formula is C17H25F2IN4O2. The number of likely N-dealkylation sites (tertiary alicyclic amines) is 1. The van der Waals surface area contributed by atoms with Crippen molar-refractivity contribution in [3.8, 4) is 5.75 Å². The molecule has 146 valence electrons. The van der Waals surface area contributed by atoms with Crippen LogP contribution >= 0.6 is 24.0 Å². The van der Waals surface area contributed by atoms with E-state index >= 15 is 0 Å². The van der Waals surface area contributed by atoms with Gasteiger partial charge in [-0.2, -0.15) is 8.78 Å². The molecule has 1 aliphatic rings. The Morgan fingerprint density at radius 2 is 1.96 bits per heavy atom. The Balaban J connectivity index is 0.00000338. The molecule has 0 radical (unpaired) electrons. The van der Waals surface area contributed by atoms with Gasteiger partial charge in [0.25, 0.3) is 0 Å². The lowest BCUT2D eigenvalue weighted by Crippen LogP contribution is -2.44. The maximum absolute atomic E-state index is 12.5. The minimum Gasteiger partial charge on any atom is -0.434 e. The molecule has 1 saturated heterocycles. The number of nitrogens with one attached hydrogen (secondary N) is 2. The molecule has 26 heavy (non-hydrogen) atoms. The van der Waals surface area contributed by atoms with Crippen molar-refractivity contribution in [3.05, 3.63) is 29.8 Å². The highest BCUT2D eigenvalue weighted by molar-refractivity contribution is 14.0. The number of carbonyl (C=O) groups is 1. The standard InChI is InChI=1S/C17H24F2N4O2.HI/c1-2-20-17(22-12-15(24)23-9-5-6-10-23)21-11-13-7-3-4-8-14(13)25-16(18)19;/h3-4,7-8,16H,2,5-6,9-12H2,1H3,(H2,20,21,22);1H. The zero-order chi connectivity index (χ0) is 18.1. The van der Waals surface area contributed by atoms with Crippen LogP contribution in [0.2, 0.25) is 0 Å². The van der Waals surface area contributed by atoms with Crippen molar-refractivity contribution in [2.75, 3.05) is 26.2 Å². The molecule has 0 aromatic heterocycles. The lowest BCUT2D eigenvalue weighted by atomic mass is 10.2. The van der Waals surface area contributed by atoms with Gasteiger partial charge in [-0.15, -0.1) is 24.0 Å². The molecule has 1 aliphatic heterocycles. The normalized spacial score (nSPS) is 14.2. The molecule has 0 aliphatic carbocycles. The molecule has 0 saturated carbocycles. The van der Waals surface area contributed by atoms with Crippen molar-refractivity contribution in [2.45, 2.75) is 32.9 Å².